The van der Waals surface area contributed by atoms with Crippen LogP contribution in [0.3, 0.4) is 0 Å². The fourth-order valence-electron chi connectivity index (χ4n) is 3.48. The second-order valence-corrected chi connectivity index (χ2v) is 11.1. The molecular formula is C26H17Br3ClN3O5. The summed E-state index contributed by atoms with van der Waals surface area (Å²) in [6.45, 7) is 1.48. The van der Waals surface area contributed by atoms with Gasteiger partial charge in [-0.05, 0) is 83.0 Å². The number of nitrogens with zero attached hydrogens (tertiary/aromatic N) is 1. The molecule has 12 heteroatoms. The second kappa shape index (κ2) is 11.8. The highest BCUT2D eigenvalue weighted by Gasteiger charge is 2.37. The minimum atomic E-state index is -0.862. The first-order valence-corrected chi connectivity index (χ1v) is 13.6. The van der Waals surface area contributed by atoms with Crippen molar-refractivity contribution in [3.63, 3.8) is 0 Å². The van der Waals surface area contributed by atoms with E-state index in [9.17, 15) is 19.2 Å². The van der Waals surface area contributed by atoms with Crippen molar-refractivity contribution >= 4 is 101 Å². The maximum Gasteiger partial charge on any atom is 0.335 e. The molecule has 0 unspecified atom stereocenters. The molecular weight excluding hydrogens is 709 g/mol. The van der Waals surface area contributed by atoms with Gasteiger partial charge in [-0.25, -0.2) is 9.69 Å². The molecule has 1 heterocycles. The Bertz CT molecular complexity index is 1510. The Kier molecular flexibility index (Phi) is 8.71. The lowest BCUT2D eigenvalue weighted by atomic mass is 10.1. The van der Waals surface area contributed by atoms with Gasteiger partial charge in [0, 0.05) is 25.2 Å². The Balaban J connectivity index is 1.61. The van der Waals surface area contributed by atoms with E-state index in [0.717, 1.165) is 14.9 Å². The number of amides is 5. The Morgan fingerprint density at radius 1 is 1.03 bits per heavy atom. The van der Waals surface area contributed by atoms with Gasteiger partial charge in [0.1, 0.15) is 11.3 Å². The lowest BCUT2D eigenvalue weighted by molar-refractivity contribution is -0.122. The van der Waals surface area contributed by atoms with Crippen molar-refractivity contribution in [3.8, 4) is 5.75 Å². The molecule has 8 nitrogen and oxygen atoms in total. The third-order valence-electron chi connectivity index (χ3n) is 5.33. The number of anilines is 2. The standard InChI is InChI=1S/C26H17Br3ClN3O5/c1-13-2-5-17(11-21(13)30)31-22(34)12-38-23-14(8-16(28)10-20(23)29)9-19-24(35)32-26(37)33(25(19)36)18-6-3-15(27)4-7-18/h2-11H,12H2,1H3,(H,31,34)(H,32,35,37)/b19-9+. The summed E-state index contributed by atoms with van der Waals surface area (Å²) in [5.41, 5.74) is 1.70. The van der Waals surface area contributed by atoms with E-state index < -0.39 is 23.8 Å². The zero-order valence-electron chi connectivity index (χ0n) is 19.5. The van der Waals surface area contributed by atoms with E-state index >= 15 is 0 Å². The molecule has 0 radical (unpaired) electrons. The molecule has 194 valence electrons. The monoisotopic (exact) mass is 723 g/mol. The lowest BCUT2D eigenvalue weighted by Gasteiger charge is -2.26. The predicted octanol–water partition coefficient (Wildman–Crippen LogP) is 6.62. The Morgan fingerprint density at radius 2 is 1.74 bits per heavy atom. The maximum absolute atomic E-state index is 13.3. The first-order valence-electron chi connectivity index (χ1n) is 10.9. The molecule has 1 saturated heterocycles. The van der Waals surface area contributed by atoms with E-state index in [2.05, 4.69) is 58.4 Å². The third kappa shape index (κ3) is 6.35. The number of carbonyl (C=O) groups excluding carboxylic acids is 4. The first-order chi connectivity index (χ1) is 18.0. The van der Waals surface area contributed by atoms with Gasteiger partial charge < -0.3 is 10.1 Å². The third-order valence-corrected chi connectivity index (χ3v) is 7.31. The van der Waals surface area contributed by atoms with E-state index in [-0.39, 0.29) is 23.6 Å². The molecule has 0 aliphatic carbocycles. The van der Waals surface area contributed by atoms with Gasteiger partial charge in [-0.3, -0.25) is 19.7 Å². The van der Waals surface area contributed by atoms with E-state index in [0.29, 0.717) is 25.2 Å². The number of aryl methyl sites for hydroxylation is 1. The molecule has 38 heavy (non-hydrogen) atoms. The molecule has 0 atom stereocenters. The van der Waals surface area contributed by atoms with Crippen molar-refractivity contribution < 1.29 is 23.9 Å². The minimum Gasteiger partial charge on any atom is -0.482 e. The molecule has 4 rings (SSSR count). The average molecular weight is 727 g/mol. The van der Waals surface area contributed by atoms with Crippen molar-refractivity contribution in [3.05, 3.63) is 89.7 Å². The van der Waals surface area contributed by atoms with Crippen LogP contribution in [-0.4, -0.2) is 30.4 Å². The van der Waals surface area contributed by atoms with Crippen LogP contribution in [0.4, 0.5) is 16.2 Å². The molecule has 0 bridgehead atoms. The molecule has 3 aromatic carbocycles. The average Bonchev–Trinajstić information content (AvgIpc) is 2.84. The smallest absolute Gasteiger partial charge is 0.335 e. The van der Waals surface area contributed by atoms with Crippen LogP contribution in [-0.2, 0) is 14.4 Å². The topological polar surface area (TPSA) is 105 Å². The molecule has 0 spiro atoms. The van der Waals surface area contributed by atoms with Crippen molar-refractivity contribution in [2.24, 2.45) is 0 Å². The molecule has 1 aliphatic rings. The van der Waals surface area contributed by atoms with Gasteiger partial charge in [-0.1, -0.05) is 49.5 Å². The van der Waals surface area contributed by atoms with Gasteiger partial charge in [0.05, 0.1) is 10.2 Å². The summed E-state index contributed by atoms with van der Waals surface area (Å²) in [5, 5.41) is 5.40. The maximum atomic E-state index is 13.3. The van der Waals surface area contributed by atoms with E-state index in [4.69, 9.17) is 16.3 Å². The van der Waals surface area contributed by atoms with Crippen molar-refractivity contribution in [2.45, 2.75) is 6.92 Å². The predicted molar refractivity (Wildman–Crippen MR) is 155 cm³/mol. The zero-order chi connectivity index (χ0) is 27.6. The highest BCUT2D eigenvalue weighted by Crippen LogP contribution is 2.35. The van der Waals surface area contributed by atoms with Gasteiger partial charge >= 0.3 is 6.03 Å². The number of ether oxygens (including phenoxy) is 1. The summed E-state index contributed by atoms with van der Waals surface area (Å²) in [6, 6.07) is 14.1. The summed E-state index contributed by atoms with van der Waals surface area (Å²) >= 11 is 16.2. The number of nitrogens with one attached hydrogen (secondary N) is 2. The van der Waals surface area contributed by atoms with Crippen molar-refractivity contribution in [1.82, 2.24) is 5.32 Å². The van der Waals surface area contributed by atoms with Crippen LogP contribution < -0.4 is 20.3 Å². The van der Waals surface area contributed by atoms with Crippen LogP contribution in [0, 0.1) is 6.92 Å². The summed E-state index contributed by atoms with van der Waals surface area (Å²) < 4.78 is 7.62. The Labute approximate surface area is 247 Å². The molecule has 5 amide bonds. The van der Waals surface area contributed by atoms with Crippen LogP contribution in [0.5, 0.6) is 5.75 Å². The molecule has 1 fully saturated rings. The fraction of sp³-hybridized carbons (Fsp3) is 0.0769. The summed E-state index contributed by atoms with van der Waals surface area (Å²) in [7, 11) is 0. The number of benzene rings is 3. The Morgan fingerprint density at radius 3 is 2.42 bits per heavy atom. The largest absolute Gasteiger partial charge is 0.482 e. The number of carbonyl (C=O) groups is 4. The van der Waals surface area contributed by atoms with Crippen LogP contribution in [0.2, 0.25) is 5.02 Å². The second-order valence-electron chi connectivity index (χ2n) is 8.04. The SMILES string of the molecule is Cc1ccc(NC(=O)COc2c(Br)cc(Br)cc2/C=C2\C(=O)NC(=O)N(c3ccc(Br)cc3)C2=O)cc1Cl. The van der Waals surface area contributed by atoms with Crippen LogP contribution >= 0.6 is 59.4 Å². The van der Waals surface area contributed by atoms with E-state index in [1.165, 1.54) is 6.08 Å². The van der Waals surface area contributed by atoms with Gasteiger partial charge in [-0.15, -0.1) is 0 Å². The van der Waals surface area contributed by atoms with Crippen molar-refractivity contribution in [2.75, 3.05) is 16.8 Å². The minimum absolute atomic E-state index is 0.213. The number of imide groups is 2. The molecule has 0 aromatic heterocycles. The normalized spacial score (nSPS) is 14.5. The number of rotatable bonds is 6. The quantitative estimate of drug-likeness (QED) is 0.220. The lowest BCUT2D eigenvalue weighted by Crippen LogP contribution is -2.54. The Hall–Kier alpha value is -2.99. The number of urea groups is 1. The fourth-order valence-corrected chi connectivity index (χ4v) is 5.30. The number of hydrogen-bond donors (Lipinski definition) is 2. The zero-order valence-corrected chi connectivity index (χ0v) is 25.0. The summed E-state index contributed by atoms with van der Waals surface area (Å²) in [5.74, 6) is -1.90. The highest BCUT2D eigenvalue weighted by molar-refractivity contribution is 9.11. The van der Waals surface area contributed by atoms with E-state index in [1.54, 1.807) is 54.6 Å². The van der Waals surface area contributed by atoms with Crippen LogP contribution in [0.15, 0.2) is 73.6 Å². The van der Waals surface area contributed by atoms with Crippen molar-refractivity contribution in [1.29, 1.82) is 0 Å². The summed E-state index contributed by atoms with van der Waals surface area (Å²) in [6.07, 6.45) is 1.30. The number of barbiturate groups is 1. The molecule has 3 aromatic rings. The van der Waals surface area contributed by atoms with Gasteiger partial charge in [0.25, 0.3) is 17.7 Å². The molecule has 2 N–H and O–H groups in total. The summed E-state index contributed by atoms with van der Waals surface area (Å²) in [4.78, 5) is 51.8. The molecule has 1 aliphatic heterocycles. The van der Waals surface area contributed by atoms with Crippen LogP contribution in [0.25, 0.3) is 6.08 Å². The van der Waals surface area contributed by atoms with Crippen LogP contribution in [0.1, 0.15) is 11.1 Å². The van der Waals surface area contributed by atoms with Gasteiger partial charge in [0.2, 0.25) is 0 Å². The highest BCUT2D eigenvalue weighted by atomic mass is 79.9. The number of hydrogen-bond acceptors (Lipinski definition) is 5. The first kappa shape index (κ1) is 28.0. The molecule has 0 saturated carbocycles. The van der Waals surface area contributed by atoms with Gasteiger partial charge in [0.15, 0.2) is 6.61 Å². The van der Waals surface area contributed by atoms with Gasteiger partial charge in [-0.2, -0.15) is 0 Å². The van der Waals surface area contributed by atoms with E-state index in [1.807, 2.05) is 6.92 Å². The number of halogens is 4.